The van der Waals surface area contributed by atoms with Crippen LogP contribution in [0.15, 0.2) is 21.2 Å². The molecule has 0 spiro atoms. The number of carbonyl (C=O) groups excluding carboxylic acids is 1. The number of hydrogen-bond acceptors (Lipinski definition) is 4. The first-order valence-electron chi connectivity index (χ1n) is 6.77. The molecule has 1 fully saturated rings. The smallest absolute Gasteiger partial charge is 0.410 e. The van der Waals surface area contributed by atoms with Crippen LogP contribution in [-0.4, -0.2) is 47.7 Å². The van der Waals surface area contributed by atoms with E-state index in [-0.39, 0.29) is 6.09 Å². The van der Waals surface area contributed by atoms with E-state index in [4.69, 9.17) is 9.15 Å². The zero-order valence-corrected chi connectivity index (χ0v) is 13.8. The zero-order chi connectivity index (χ0) is 14.8. The summed E-state index contributed by atoms with van der Waals surface area (Å²) >= 11 is 3.46. The largest absolute Gasteiger partial charge is 0.467 e. The molecule has 0 N–H and O–H groups in total. The Morgan fingerprint density at radius 2 is 2.00 bits per heavy atom. The maximum Gasteiger partial charge on any atom is 0.410 e. The van der Waals surface area contributed by atoms with Gasteiger partial charge in [-0.2, -0.15) is 0 Å². The number of carbonyl (C=O) groups is 1. The number of ether oxygens (including phenoxy) is 1. The molecule has 1 aromatic heterocycles. The predicted octanol–water partition coefficient (Wildman–Crippen LogP) is 3.09. The maximum atomic E-state index is 12.0. The number of furan rings is 1. The maximum absolute atomic E-state index is 12.0. The van der Waals surface area contributed by atoms with E-state index in [0.29, 0.717) is 13.1 Å². The minimum atomic E-state index is -0.437. The van der Waals surface area contributed by atoms with Gasteiger partial charge in [0.05, 0.1) is 17.3 Å². The Kier molecular flexibility index (Phi) is 4.75. The second kappa shape index (κ2) is 6.18. The van der Waals surface area contributed by atoms with Crippen molar-refractivity contribution in [2.45, 2.75) is 32.9 Å². The summed E-state index contributed by atoms with van der Waals surface area (Å²) < 4.78 is 11.8. The molecule has 5 nitrogen and oxygen atoms in total. The average molecular weight is 345 g/mol. The SMILES string of the molecule is CC(C)(C)OC(=O)N1CCN(Cc2occc2Br)CC1. The van der Waals surface area contributed by atoms with Gasteiger partial charge in [0.2, 0.25) is 0 Å². The molecule has 1 amide bonds. The van der Waals surface area contributed by atoms with Gasteiger partial charge in [-0.1, -0.05) is 0 Å². The molecule has 2 rings (SSSR count). The molecule has 0 bridgehead atoms. The predicted molar refractivity (Wildman–Crippen MR) is 79.5 cm³/mol. The lowest BCUT2D eigenvalue weighted by Crippen LogP contribution is -2.49. The molecule has 0 aliphatic carbocycles. The fourth-order valence-electron chi connectivity index (χ4n) is 2.06. The number of amides is 1. The van der Waals surface area contributed by atoms with Crippen LogP contribution in [0, 0.1) is 0 Å². The quantitative estimate of drug-likeness (QED) is 0.826. The highest BCUT2D eigenvalue weighted by atomic mass is 79.9. The zero-order valence-electron chi connectivity index (χ0n) is 12.2. The third-order valence-electron chi connectivity index (χ3n) is 3.08. The summed E-state index contributed by atoms with van der Waals surface area (Å²) in [4.78, 5) is 16.0. The standard InChI is InChI=1S/C14H21BrN2O3/c1-14(2,3)20-13(18)17-7-5-16(6-8-17)10-12-11(15)4-9-19-12/h4,9H,5-8,10H2,1-3H3. The summed E-state index contributed by atoms with van der Waals surface area (Å²) in [6.07, 6.45) is 1.45. The van der Waals surface area contributed by atoms with Crippen LogP contribution in [0.25, 0.3) is 0 Å². The van der Waals surface area contributed by atoms with Crippen LogP contribution in [0.4, 0.5) is 4.79 Å². The van der Waals surface area contributed by atoms with Gasteiger partial charge in [-0.15, -0.1) is 0 Å². The second-order valence-corrected chi connectivity index (χ2v) is 6.79. The van der Waals surface area contributed by atoms with Crippen molar-refractivity contribution in [1.82, 2.24) is 9.80 Å². The first-order valence-corrected chi connectivity index (χ1v) is 7.56. The number of piperazine rings is 1. The van der Waals surface area contributed by atoms with E-state index in [1.807, 2.05) is 26.8 Å². The van der Waals surface area contributed by atoms with Gasteiger partial charge >= 0.3 is 6.09 Å². The summed E-state index contributed by atoms with van der Waals surface area (Å²) in [5, 5.41) is 0. The van der Waals surface area contributed by atoms with Crippen molar-refractivity contribution in [2.24, 2.45) is 0 Å². The normalized spacial score (nSPS) is 17.3. The molecule has 0 saturated carbocycles. The van der Waals surface area contributed by atoms with Gasteiger partial charge in [0.25, 0.3) is 0 Å². The van der Waals surface area contributed by atoms with E-state index in [1.165, 1.54) is 0 Å². The molecule has 1 aliphatic heterocycles. The van der Waals surface area contributed by atoms with E-state index in [1.54, 1.807) is 11.2 Å². The number of nitrogens with zero attached hydrogens (tertiary/aromatic N) is 2. The molecular formula is C14H21BrN2O3. The van der Waals surface area contributed by atoms with Gasteiger partial charge in [0, 0.05) is 26.2 Å². The molecule has 0 atom stereocenters. The molecule has 112 valence electrons. The van der Waals surface area contributed by atoms with Crippen molar-refractivity contribution in [3.05, 3.63) is 22.6 Å². The topological polar surface area (TPSA) is 45.9 Å². The fraction of sp³-hybridized carbons (Fsp3) is 0.643. The highest BCUT2D eigenvalue weighted by Gasteiger charge is 2.26. The average Bonchev–Trinajstić information content (AvgIpc) is 2.74. The molecule has 1 aromatic rings. The Labute approximate surface area is 128 Å². The van der Waals surface area contributed by atoms with Crippen molar-refractivity contribution in [3.63, 3.8) is 0 Å². The van der Waals surface area contributed by atoms with E-state index < -0.39 is 5.60 Å². The van der Waals surface area contributed by atoms with Crippen molar-refractivity contribution in [2.75, 3.05) is 26.2 Å². The van der Waals surface area contributed by atoms with E-state index in [9.17, 15) is 4.79 Å². The van der Waals surface area contributed by atoms with Crippen LogP contribution in [0.3, 0.4) is 0 Å². The van der Waals surface area contributed by atoms with Crippen LogP contribution in [0.1, 0.15) is 26.5 Å². The lowest BCUT2D eigenvalue weighted by Gasteiger charge is -2.35. The highest BCUT2D eigenvalue weighted by molar-refractivity contribution is 9.10. The summed E-state index contributed by atoms with van der Waals surface area (Å²) in [6, 6.07) is 1.90. The van der Waals surface area contributed by atoms with Crippen molar-refractivity contribution in [1.29, 1.82) is 0 Å². The lowest BCUT2D eigenvalue weighted by atomic mass is 10.2. The Balaban J connectivity index is 1.81. The van der Waals surface area contributed by atoms with Crippen LogP contribution in [0.2, 0.25) is 0 Å². The summed E-state index contributed by atoms with van der Waals surface area (Å²) in [6.45, 7) is 9.44. The van der Waals surface area contributed by atoms with E-state index in [2.05, 4.69) is 20.8 Å². The van der Waals surface area contributed by atoms with E-state index >= 15 is 0 Å². The minimum Gasteiger partial charge on any atom is -0.467 e. The van der Waals surface area contributed by atoms with Crippen molar-refractivity contribution < 1.29 is 13.9 Å². The molecule has 0 unspecified atom stereocenters. The number of hydrogen-bond donors (Lipinski definition) is 0. The van der Waals surface area contributed by atoms with Gasteiger partial charge in [-0.05, 0) is 42.8 Å². The molecule has 0 aromatic carbocycles. The first-order chi connectivity index (χ1) is 9.35. The van der Waals surface area contributed by atoms with Crippen LogP contribution in [0.5, 0.6) is 0 Å². The van der Waals surface area contributed by atoms with Crippen LogP contribution < -0.4 is 0 Å². The molecule has 1 saturated heterocycles. The summed E-state index contributed by atoms with van der Waals surface area (Å²) in [5.41, 5.74) is -0.437. The number of rotatable bonds is 2. The summed E-state index contributed by atoms with van der Waals surface area (Å²) in [7, 11) is 0. The van der Waals surface area contributed by atoms with Gasteiger partial charge in [0.1, 0.15) is 11.4 Å². The van der Waals surface area contributed by atoms with E-state index in [0.717, 1.165) is 29.9 Å². The van der Waals surface area contributed by atoms with Crippen LogP contribution in [-0.2, 0) is 11.3 Å². The molecular weight excluding hydrogens is 324 g/mol. The molecule has 2 heterocycles. The molecule has 20 heavy (non-hydrogen) atoms. The fourth-order valence-corrected chi connectivity index (χ4v) is 2.38. The van der Waals surface area contributed by atoms with Gasteiger partial charge in [-0.25, -0.2) is 4.79 Å². The van der Waals surface area contributed by atoms with Gasteiger partial charge < -0.3 is 14.1 Å². The summed E-state index contributed by atoms with van der Waals surface area (Å²) in [5.74, 6) is 0.927. The third-order valence-corrected chi connectivity index (χ3v) is 3.79. The lowest BCUT2D eigenvalue weighted by molar-refractivity contribution is 0.0134. The Hall–Kier alpha value is -1.01. The minimum absolute atomic E-state index is 0.226. The van der Waals surface area contributed by atoms with Crippen LogP contribution >= 0.6 is 15.9 Å². The Bertz CT molecular complexity index is 459. The van der Waals surface area contributed by atoms with Crippen molar-refractivity contribution >= 4 is 22.0 Å². The first kappa shape index (κ1) is 15.4. The highest BCUT2D eigenvalue weighted by Crippen LogP contribution is 2.20. The number of halogens is 1. The van der Waals surface area contributed by atoms with Crippen molar-refractivity contribution in [3.8, 4) is 0 Å². The Morgan fingerprint density at radius 3 is 2.50 bits per heavy atom. The monoisotopic (exact) mass is 344 g/mol. The molecule has 6 heteroatoms. The Morgan fingerprint density at radius 1 is 1.35 bits per heavy atom. The second-order valence-electron chi connectivity index (χ2n) is 5.94. The molecule has 1 aliphatic rings. The molecule has 0 radical (unpaired) electrons. The third kappa shape index (κ3) is 4.24. The van der Waals surface area contributed by atoms with Gasteiger partial charge in [0.15, 0.2) is 0 Å². The van der Waals surface area contributed by atoms with Gasteiger partial charge in [-0.3, -0.25) is 4.90 Å².